The van der Waals surface area contributed by atoms with Gasteiger partial charge < -0.3 is 10.1 Å². The Morgan fingerprint density at radius 3 is 2.65 bits per heavy atom. The van der Waals surface area contributed by atoms with Crippen molar-refractivity contribution < 1.29 is 14.5 Å². The van der Waals surface area contributed by atoms with E-state index in [1.807, 2.05) is 6.07 Å². The van der Waals surface area contributed by atoms with Crippen LogP contribution in [0.3, 0.4) is 0 Å². The zero-order valence-corrected chi connectivity index (χ0v) is 11.4. The van der Waals surface area contributed by atoms with Gasteiger partial charge >= 0.3 is 6.09 Å². The Morgan fingerprint density at radius 1 is 1.50 bits per heavy atom. The topological polar surface area (TPSA) is 105 Å². The molecule has 0 spiro atoms. The lowest BCUT2D eigenvalue weighted by atomic mass is 10.1. The lowest BCUT2D eigenvalue weighted by molar-refractivity contribution is -0.384. The molecule has 0 aliphatic rings. The molecule has 20 heavy (non-hydrogen) atoms. The smallest absolute Gasteiger partial charge is 0.408 e. The Bertz CT molecular complexity index is 557. The van der Waals surface area contributed by atoms with E-state index in [2.05, 4.69) is 5.32 Å². The first kappa shape index (κ1) is 15.4. The molecule has 0 saturated carbocycles. The van der Waals surface area contributed by atoms with Crippen LogP contribution in [0.5, 0.6) is 0 Å². The molecule has 106 valence electrons. The van der Waals surface area contributed by atoms with Gasteiger partial charge in [-0.2, -0.15) is 5.26 Å². The number of amides is 1. The third-order valence-corrected chi connectivity index (χ3v) is 2.20. The molecular formula is C13H15N3O4. The number of alkyl carbamates (subject to hydrolysis) is 1. The fraction of sp³-hybridized carbons (Fsp3) is 0.385. The zero-order valence-electron chi connectivity index (χ0n) is 11.4. The molecule has 0 fully saturated rings. The molecule has 0 heterocycles. The molecule has 1 unspecified atom stereocenters. The minimum atomic E-state index is -1.01. The van der Waals surface area contributed by atoms with E-state index in [1.165, 1.54) is 24.3 Å². The van der Waals surface area contributed by atoms with Gasteiger partial charge in [-0.3, -0.25) is 10.1 Å². The monoisotopic (exact) mass is 277 g/mol. The number of carbonyl (C=O) groups is 1. The summed E-state index contributed by atoms with van der Waals surface area (Å²) in [6.45, 7) is 5.09. The van der Waals surface area contributed by atoms with Crippen LogP contribution in [0, 0.1) is 21.4 Å². The number of ether oxygens (including phenoxy) is 1. The van der Waals surface area contributed by atoms with Crippen LogP contribution < -0.4 is 5.32 Å². The van der Waals surface area contributed by atoms with Crippen LogP contribution in [0.4, 0.5) is 10.5 Å². The van der Waals surface area contributed by atoms with Crippen molar-refractivity contribution in [1.82, 2.24) is 5.32 Å². The summed E-state index contributed by atoms with van der Waals surface area (Å²) in [5.74, 6) is 0. The van der Waals surface area contributed by atoms with E-state index < -0.39 is 22.7 Å². The molecule has 7 heteroatoms. The van der Waals surface area contributed by atoms with Crippen molar-refractivity contribution in [1.29, 1.82) is 5.26 Å². The van der Waals surface area contributed by atoms with Crippen molar-refractivity contribution in [2.24, 2.45) is 0 Å². The molecule has 1 aromatic carbocycles. The fourth-order valence-corrected chi connectivity index (χ4v) is 1.43. The first-order valence-corrected chi connectivity index (χ1v) is 5.86. The largest absolute Gasteiger partial charge is 0.444 e. The zero-order chi connectivity index (χ0) is 15.3. The molecule has 1 atom stereocenters. The lowest BCUT2D eigenvalue weighted by Crippen LogP contribution is -2.34. The van der Waals surface area contributed by atoms with E-state index in [9.17, 15) is 14.9 Å². The van der Waals surface area contributed by atoms with Crippen LogP contribution in [0.15, 0.2) is 24.3 Å². The minimum Gasteiger partial charge on any atom is -0.444 e. The number of non-ortho nitro benzene ring substituents is 1. The van der Waals surface area contributed by atoms with Gasteiger partial charge in [0.25, 0.3) is 5.69 Å². The molecule has 1 amide bonds. The van der Waals surface area contributed by atoms with Crippen molar-refractivity contribution in [3.63, 3.8) is 0 Å². The molecule has 1 aromatic rings. The SMILES string of the molecule is CC(C)(C)OC(=O)NC(C#N)c1cccc([N+](=O)[O-])c1. The Labute approximate surface area is 116 Å². The van der Waals surface area contributed by atoms with E-state index in [1.54, 1.807) is 20.8 Å². The van der Waals surface area contributed by atoms with Gasteiger partial charge in [-0.1, -0.05) is 12.1 Å². The van der Waals surface area contributed by atoms with E-state index in [4.69, 9.17) is 10.00 Å². The van der Waals surface area contributed by atoms with Gasteiger partial charge in [0.15, 0.2) is 0 Å². The maximum Gasteiger partial charge on any atom is 0.408 e. The Kier molecular flexibility index (Phi) is 4.64. The van der Waals surface area contributed by atoms with Crippen LogP contribution >= 0.6 is 0 Å². The Balaban J connectivity index is 2.87. The predicted molar refractivity (Wildman–Crippen MR) is 70.8 cm³/mol. The summed E-state index contributed by atoms with van der Waals surface area (Å²) in [5.41, 5.74) is -0.506. The number of nitriles is 1. The first-order chi connectivity index (χ1) is 9.23. The molecule has 1 N–H and O–H groups in total. The highest BCUT2D eigenvalue weighted by Crippen LogP contribution is 2.19. The van der Waals surface area contributed by atoms with Crippen LogP contribution in [0.2, 0.25) is 0 Å². The van der Waals surface area contributed by atoms with Crippen molar-refractivity contribution in [3.8, 4) is 6.07 Å². The van der Waals surface area contributed by atoms with Gasteiger partial charge in [-0.05, 0) is 26.3 Å². The summed E-state index contributed by atoms with van der Waals surface area (Å²) in [5, 5.41) is 22.1. The fourth-order valence-electron chi connectivity index (χ4n) is 1.43. The number of rotatable bonds is 3. The van der Waals surface area contributed by atoms with Crippen molar-refractivity contribution in [3.05, 3.63) is 39.9 Å². The average molecular weight is 277 g/mol. The third-order valence-electron chi connectivity index (χ3n) is 2.20. The van der Waals surface area contributed by atoms with Crippen LogP contribution in [-0.4, -0.2) is 16.6 Å². The highest BCUT2D eigenvalue weighted by Gasteiger charge is 2.21. The van der Waals surface area contributed by atoms with Gasteiger partial charge in [-0.15, -0.1) is 0 Å². The lowest BCUT2D eigenvalue weighted by Gasteiger charge is -2.21. The van der Waals surface area contributed by atoms with E-state index in [0.717, 1.165) is 0 Å². The number of hydrogen-bond donors (Lipinski definition) is 1. The number of hydrogen-bond acceptors (Lipinski definition) is 5. The molecule has 7 nitrogen and oxygen atoms in total. The number of benzene rings is 1. The Hall–Kier alpha value is -2.62. The minimum absolute atomic E-state index is 0.145. The highest BCUT2D eigenvalue weighted by molar-refractivity contribution is 5.69. The quantitative estimate of drug-likeness (QED) is 0.675. The highest BCUT2D eigenvalue weighted by atomic mass is 16.6. The molecule has 0 saturated heterocycles. The number of nitrogens with one attached hydrogen (secondary N) is 1. The number of nitro benzene ring substituents is 1. The maximum absolute atomic E-state index is 11.6. The summed E-state index contributed by atoms with van der Waals surface area (Å²) in [7, 11) is 0. The van der Waals surface area contributed by atoms with E-state index in [0.29, 0.717) is 5.56 Å². The molecule has 0 radical (unpaired) electrons. The van der Waals surface area contributed by atoms with Crippen molar-refractivity contribution in [2.75, 3.05) is 0 Å². The van der Waals surface area contributed by atoms with Gasteiger partial charge in [0.05, 0.1) is 11.0 Å². The normalized spacial score (nSPS) is 12.1. The standard InChI is InChI=1S/C13H15N3O4/c1-13(2,3)20-12(17)15-11(8-14)9-5-4-6-10(7-9)16(18)19/h4-7,11H,1-3H3,(H,15,17). The predicted octanol–water partition coefficient (Wildman–Crippen LogP) is 2.68. The summed E-state index contributed by atoms with van der Waals surface area (Å²) >= 11 is 0. The van der Waals surface area contributed by atoms with Gasteiger partial charge in [0.2, 0.25) is 0 Å². The number of carbonyl (C=O) groups excluding carboxylic acids is 1. The summed E-state index contributed by atoms with van der Waals surface area (Å²) < 4.78 is 5.03. The summed E-state index contributed by atoms with van der Waals surface area (Å²) in [6, 6.07) is 6.39. The second-order valence-electron chi connectivity index (χ2n) is 5.06. The average Bonchev–Trinajstić information content (AvgIpc) is 2.34. The van der Waals surface area contributed by atoms with E-state index in [-0.39, 0.29) is 5.69 Å². The maximum atomic E-state index is 11.6. The molecule has 0 aliphatic carbocycles. The van der Waals surface area contributed by atoms with Crippen molar-refractivity contribution in [2.45, 2.75) is 32.4 Å². The molecule has 0 aromatic heterocycles. The summed E-state index contributed by atoms with van der Waals surface area (Å²) in [6.07, 6.45) is -0.754. The van der Waals surface area contributed by atoms with Crippen molar-refractivity contribution >= 4 is 11.8 Å². The number of nitro groups is 1. The van der Waals surface area contributed by atoms with Crippen LogP contribution in [-0.2, 0) is 4.74 Å². The number of nitrogens with zero attached hydrogens (tertiary/aromatic N) is 2. The second-order valence-corrected chi connectivity index (χ2v) is 5.06. The Morgan fingerprint density at radius 2 is 2.15 bits per heavy atom. The molecule has 0 aliphatic heterocycles. The van der Waals surface area contributed by atoms with Gasteiger partial charge in [0.1, 0.15) is 11.6 Å². The molecular weight excluding hydrogens is 262 g/mol. The second kappa shape index (κ2) is 6.02. The van der Waals surface area contributed by atoms with Crippen LogP contribution in [0.25, 0.3) is 0 Å². The summed E-state index contributed by atoms with van der Waals surface area (Å²) in [4.78, 5) is 21.7. The van der Waals surface area contributed by atoms with Gasteiger partial charge in [-0.25, -0.2) is 4.79 Å². The van der Waals surface area contributed by atoms with Crippen LogP contribution in [0.1, 0.15) is 32.4 Å². The molecule has 1 rings (SSSR count). The first-order valence-electron chi connectivity index (χ1n) is 5.86. The third kappa shape index (κ3) is 4.57. The van der Waals surface area contributed by atoms with Gasteiger partial charge in [0, 0.05) is 12.1 Å². The molecule has 0 bridgehead atoms. The van der Waals surface area contributed by atoms with E-state index >= 15 is 0 Å².